The number of carboxylic acid groups (broad SMARTS) is 2. The van der Waals surface area contributed by atoms with Crippen LogP contribution in [-0.2, 0) is 27.2 Å². The lowest BCUT2D eigenvalue weighted by Crippen LogP contribution is -2.32. The molecule has 1 aromatic carbocycles. The number of carbonyl (C=O) groups is 3. The Morgan fingerprint density at radius 3 is 2.30 bits per heavy atom. The summed E-state index contributed by atoms with van der Waals surface area (Å²) < 4.78 is 0. The predicted octanol–water partition coefficient (Wildman–Crippen LogP) is 0.247. The van der Waals surface area contributed by atoms with Crippen molar-refractivity contribution in [1.82, 2.24) is 9.97 Å². The second kappa shape index (κ2) is 9.11. The van der Waals surface area contributed by atoms with Crippen molar-refractivity contribution in [2.75, 3.05) is 0 Å². The fourth-order valence-electron chi connectivity index (χ4n) is 1.58. The summed E-state index contributed by atoms with van der Waals surface area (Å²) in [7, 11) is 0. The molecule has 0 unspecified atom stereocenters. The predicted molar refractivity (Wildman–Crippen MR) is 80.7 cm³/mol. The molecule has 1 atom stereocenters. The zero-order valence-electron chi connectivity index (χ0n) is 12.2. The molecule has 122 valence electrons. The number of ketones is 1. The number of hydrogen-bond donors (Lipinski definition) is 4. The summed E-state index contributed by atoms with van der Waals surface area (Å²) in [6, 6.07) is 7.95. The molecule has 2 rings (SSSR count). The van der Waals surface area contributed by atoms with Crippen LogP contribution in [0.15, 0.2) is 42.9 Å². The van der Waals surface area contributed by atoms with Gasteiger partial charge in [-0.3, -0.25) is 9.59 Å². The lowest BCUT2D eigenvalue weighted by atomic mass is 10.1. The minimum atomic E-state index is -1.38. The summed E-state index contributed by atoms with van der Waals surface area (Å²) in [6.07, 6.45) is 3.30. The van der Waals surface area contributed by atoms with E-state index in [1.165, 1.54) is 6.33 Å². The fourth-order valence-corrected chi connectivity index (χ4v) is 1.58. The van der Waals surface area contributed by atoms with Gasteiger partial charge in [0.05, 0.1) is 6.33 Å². The van der Waals surface area contributed by atoms with Gasteiger partial charge >= 0.3 is 11.9 Å². The van der Waals surface area contributed by atoms with Gasteiger partial charge in [-0.25, -0.2) is 9.78 Å². The number of aliphatic carboxylic acids is 2. The molecule has 5 N–H and O–H groups in total. The number of rotatable bonds is 6. The topological polar surface area (TPSA) is 146 Å². The monoisotopic (exact) mass is 319 g/mol. The molecule has 1 aromatic heterocycles. The van der Waals surface area contributed by atoms with Crippen molar-refractivity contribution in [1.29, 1.82) is 0 Å². The second-order valence-corrected chi connectivity index (χ2v) is 4.62. The van der Waals surface area contributed by atoms with Crippen LogP contribution in [0.4, 0.5) is 0 Å². The molecule has 0 aliphatic carbocycles. The Labute approximate surface area is 132 Å². The van der Waals surface area contributed by atoms with Crippen molar-refractivity contribution < 1.29 is 24.6 Å². The van der Waals surface area contributed by atoms with Gasteiger partial charge in [0, 0.05) is 24.7 Å². The average Bonchev–Trinajstić information content (AvgIpc) is 3.01. The molecular weight excluding hydrogens is 302 g/mol. The van der Waals surface area contributed by atoms with Gasteiger partial charge in [-0.2, -0.15) is 0 Å². The van der Waals surface area contributed by atoms with E-state index in [1.807, 2.05) is 6.07 Å². The maximum atomic E-state index is 10.7. The van der Waals surface area contributed by atoms with Gasteiger partial charge in [0.25, 0.3) is 0 Å². The van der Waals surface area contributed by atoms with E-state index in [4.69, 9.17) is 15.9 Å². The van der Waals surface area contributed by atoms with Crippen LogP contribution in [0.2, 0.25) is 0 Å². The van der Waals surface area contributed by atoms with Crippen LogP contribution in [0.1, 0.15) is 11.3 Å². The molecule has 8 heteroatoms. The van der Waals surface area contributed by atoms with Crippen LogP contribution in [0.25, 0.3) is 0 Å². The third kappa shape index (κ3) is 7.00. The van der Waals surface area contributed by atoms with Crippen molar-refractivity contribution in [3.63, 3.8) is 0 Å². The van der Waals surface area contributed by atoms with Crippen molar-refractivity contribution in [2.24, 2.45) is 5.73 Å². The van der Waals surface area contributed by atoms with Gasteiger partial charge in [0.15, 0.2) is 0 Å². The summed E-state index contributed by atoms with van der Waals surface area (Å²) in [5, 5.41) is 16.7. The highest BCUT2D eigenvalue weighted by Gasteiger charge is 2.12. The first-order chi connectivity index (χ1) is 10.9. The number of nitrogens with one attached hydrogen (secondary N) is 1. The van der Waals surface area contributed by atoms with E-state index in [1.54, 1.807) is 30.5 Å². The molecule has 0 radical (unpaired) electrons. The Morgan fingerprint density at radius 1 is 1.17 bits per heavy atom. The molecule has 0 amide bonds. The number of imidazole rings is 1. The second-order valence-electron chi connectivity index (χ2n) is 4.62. The van der Waals surface area contributed by atoms with Crippen LogP contribution >= 0.6 is 0 Å². The number of nitrogens with zero attached hydrogens (tertiary/aromatic N) is 1. The Bertz CT molecular complexity index is 640. The number of aromatic amines is 1. The van der Waals surface area contributed by atoms with Crippen molar-refractivity contribution in [2.45, 2.75) is 18.9 Å². The summed E-state index contributed by atoms with van der Waals surface area (Å²) in [4.78, 5) is 37.6. The van der Waals surface area contributed by atoms with Crippen molar-refractivity contribution in [3.8, 4) is 0 Å². The van der Waals surface area contributed by atoms with Gasteiger partial charge < -0.3 is 20.9 Å². The van der Waals surface area contributed by atoms with E-state index in [0.29, 0.717) is 0 Å². The standard InChI is InChI=1S/C9H8O3.C6H9N3O2/c10-8(9(11)12)6-7-4-2-1-3-5-7;7-5(6(10)11)1-4-2-8-3-9-4/h1-5H,6H2,(H,11,12);2-3,5H,1,7H2,(H,8,9)(H,10,11)/t;5-/m.0/s1. The Morgan fingerprint density at radius 2 is 1.83 bits per heavy atom. The molecule has 0 aliphatic heterocycles. The minimum absolute atomic E-state index is 0.0316. The lowest BCUT2D eigenvalue weighted by molar-refractivity contribution is -0.148. The number of carboxylic acids is 2. The highest BCUT2D eigenvalue weighted by molar-refractivity contribution is 6.33. The maximum Gasteiger partial charge on any atom is 0.372 e. The van der Waals surface area contributed by atoms with E-state index in [2.05, 4.69) is 9.97 Å². The summed E-state index contributed by atoms with van der Waals surface area (Å²) in [5.74, 6) is -3.15. The molecule has 0 saturated heterocycles. The molecule has 0 bridgehead atoms. The largest absolute Gasteiger partial charge is 0.480 e. The quantitative estimate of drug-likeness (QED) is 0.558. The number of Topliss-reactive ketones (excluding diaryl/α,β-unsaturated/α-hetero) is 1. The first kappa shape index (κ1) is 18.1. The number of H-pyrrole nitrogens is 1. The van der Waals surface area contributed by atoms with E-state index >= 15 is 0 Å². The molecule has 23 heavy (non-hydrogen) atoms. The van der Waals surface area contributed by atoms with Gasteiger partial charge in [-0.15, -0.1) is 0 Å². The molecule has 2 aromatic rings. The van der Waals surface area contributed by atoms with Crippen LogP contribution in [0.5, 0.6) is 0 Å². The SMILES string of the molecule is N[C@@H](Cc1cnc[nH]1)C(=O)O.O=C(O)C(=O)Cc1ccccc1. The number of hydrogen-bond acceptors (Lipinski definition) is 5. The molecule has 0 aliphatic rings. The van der Waals surface area contributed by atoms with Gasteiger partial charge in [0.1, 0.15) is 6.04 Å². The van der Waals surface area contributed by atoms with Crippen LogP contribution in [-0.4, -0.2) is 43.9 Å². The number of benzene rings is 1. The third-order valence-electron chi connectivity index (χ3n) is 2.76. The van der Waals surface area contributed by atoms with E-state index < -0.39 is 23.8 Å². The zero-order valence-corrected chi connectivity index (χ0v) is 12.2. The normalized spacial score (nSPS) is 11.0. The molecule has 0 spiro atoms. The Kier molecular flexibility index (Phi) is 7.15. The average molecular weight is 319 g/mol. The molecule has 0 fully saturated rings. The van der Waals surface area contributed by atoms with Gasteiger partial charge in [-0.05, 0) is 5.56 Å². The smallest absolute Gasteiger partial charge is 0.372 e. The van der Waals surface area contributed by atoms with Crippen LogP contribution in [0, 0.1) is 0 Å². The number of aromatic nitrogens is 2. The lowest BCUT2D eigenvalue weighted by Gasteiger charge is -2.02. The first-order valence-electron chi connectivity index (χ1n) is 6.65. The molecule has 0 saturated carbocycles. The Hall–Kier alpha value is -3.00. The summed E-state index contributed by atoms with van der Waals surface area (Å²) in [5.41, 5.74) is 6.72. The van der Waals surface area contributed by atoms with E-state index in [0.717, 1.165) is 11.3 Å². The van der Waals surface area contributed by atoms with Gasteiger partial charge in [0.2, 0.25) is 5.78 Å². The highest BCUT2D eigenvalue weighted by atomic mass is 16.4. The maximum absolute atomic E-state index is 10.7. The Balaban J connectivity index is 0.000000231. The number of nitrogens with two attached hydrogens (primary N) is 1. The molecular formula is C15H17N3O5. The number of carbonyl (C=O) groups excluding carboxylic acids is 1. The van der Waals surface area contributed by atoms with Crippen molar-refractivity contribution in [3.05, 3.63) is 54.1 Å². The summed E-state index contributed by atoms with van der Waals surface area (Å²) >= 11 is 0. The van der Waals surface area contributed by atoms with Gasteiger partial charge in [-0.1, -0.05) is 30.3 Å². The molecule has 1 heterocycles. The fraction of sp³-hybridized carbons (Fsp3) is 0.200. The minimum Gasteiger partial charge on any atom is -0.480 e. The first-order valence-corrected chi connectivity index (χ1v) is 6.65. The molecule has 8 nitrogen and oxygen atoms in total. The van der Waals surface area contributed by atoms with Crippen LogP contribution < -0.4 is 5.73 Å². The summed E-state index contributed by atoms with van der Waals surface area (Å²) in [6.45, 7) is 0. The zero-order chi connectivity index (χ0) is 17.2. The van der Waals surface area contributed by atoms with E-state index in [-0.39, 0.29) is 12.8 Å². The third-order valence-corrected chi connectivity index (χ3v) is 2.76. The van der Waals surface area contributed by atoms with E-state index in [9.17, 15) is 14.4 Å². The van der Waals surface area contributed by atoms with Crippen LogP contribution in [0.3, 0.4) is 0 Å². The van der Waals surface area contributed by atoms with Crippen molar-refractivity contribution >= 4 is 17.7 Å². The highest BCUT2D eigenvalue weighted by Crippen LogP contribution is 1.99.